The lowest BCUT2D eigenvalue weighted by Crippen LogP contribution is -2.42. The second-order valence-corrected chi connectivity index (χ2v) is 6.26. The van der Waals surface area contributed by atoms with Crippen molar-refractivity contribution in [2.75, 3.05) is 45.9 Å². The average molecular weight is 349 g/mol. The number of aromatic amines is 1. The molecule has 136 valence electrons. The second-order valence-electron chi connectivity index (χ2n) is 6.26. The molecule has 0 radical (unpaired) electrons. The minimum atomic E-state index is -0.431. The van der Waals surface area contributed by atoms with Gasteiger partial charge in [-0.05, 0) is 18.4 Å². The Labute approximate surface area is 145 Å². The van der Waals surface area contributed by atoms with E-state index in [0.717, 1.165) is 12.0 Å². The van der Waals surface area contributed by atoms with E-state index in [2.05, 4.69) is 10.2 Å². The summed E-state index contributed by atoms with van der Waals surface area (Å²) in [7, 11) is 0. The number of aromatic nitrogens is 2. The number of ether oxygens (including phenoxy) is 1. The van der Waals surface area contributed by atoms with Gasteiger partial charge in [0.15, 0.2) is 0 Å². The van der Waals surface area contributed by atoms with Gasteiger partial charge >= 0.3 is 6.09 Å². The fourth-order valence-corrected chi connectivity index (χ4v) is 3.07. The number of carbonyl (C=O) groups excluding carboxylic acids is 3. The molecule has 0 unspecified atom stereocenters. The Morgan fingerprint density at radius 2 is 1.88 bits per heavy atom. The number of cyclic esters (lactones) is 1. The van der Waals surface area contributed by atoms with Gasteiger partial charge in [0.25, 0.3) is 0 Å². The van der Waals surface area contributed by atoms with Gasteiger partial charge in [0.05, 0.1) is 12.7 Å². The topological polar surface area (TPSA) is 98.8 Å². The third-order valence-corrected chi connectivity index (χ3v) is 4.55. The highest BCUT2D eigenvalue weighted by atomic mass is 16.6. The van der Waals surface area contributed by atoms with Gasteiger partial charge in [-0.3, -0.25) is 19.6 Å². The van der Waals surface area contributed by atoms with Crippen LogP contribution >= 0.6 is 0 Å². The lowest BCUT2D eigenvalue weighted by Gasteiger charge is -2.23. The van der Waals surface area contributed by atoms with Gasteiger partial charge in [0.2, 0.25) is 11.8 Å². The first kappa shape index (κ1) is 17.2. The SMILES string of the molecule is O=C(CCc1cn[nH]c1)N1CCCN(C(=O)CN2CCOC2=O)CC1. The predicted octanol–water partition coefficient (Wildman–Crippen LogP) is -0.145. The number of rotatable bonds is 5. The van der Waals surface area contributed by atoms with Crippen LogP contribution in [-0.2, 0) is 20.7 Å². The highest BCUT2D eigenvalue weighted by molar-refractivity contribution is 5.83. The van der Waals surface area contributed by atoms with Crippen molar-refractivity contribution in [2.24, 2.45) is 0 Å². The van der Waals surface area contributed by atoms with Crippen molar-refractivity contribution < 1.29 is 19.1 Å². The zero-order valence-corrected chi connectivity index (χ0v) is 14.1. The number of aryl methyl sites for hydroxylation is 1. The van der Waals surface area contributed by atoms with Crippen LogP contribution in [0.2, 0.25) is 0 Å². The maximum atomic E-state index is 12.4. The van der Waals surface area contributed by atoms with E-state index >= 15 is 0 Å². The molecule has 0 bridgehead atoms. The zero-order valence-electron chi connectivity index (χ0n) is 14.1. The molecule has 3 heterocycles. The summed E-state index contributed by atoms with van der Waals surface area (Å²) < 4.78 is 4.84. The van der Waals surface area contributed by atoms with Crippen LogP contribution in [0.3, 0.4) is 0 Å². The first-order chi connectivity index (χ1) is 12.1. The summed E-state index contributed by atoms with van der Waals surface area (Å²) in [6.07, 6.45) is 4.92. The molecule has 3 amide bonds. The van der Waals surface area contributed by atoms with Crippen molar-refractivity contribution in [3.8, 4) is 0 Å². The molecule has 2 saturated heterocycles. The van der Waals surface area contributed by atoms with Crippen LogP contribution in [0.25, 0.3) is 0 Å². The fraction of sp³-hybridized carbons (Fsp3) is 0.625. The molecule has 2 aliphatic heterocycles. The third kappa shape index (κ3) is 4.49. The van der Waals surface area contributed by atoms with Crippen LogP contribution in [0.1, 0.15) is 18.4 Å². The first-order valence-electron chi connectivity index (χ1n) is 8.58. The molecule has 1 N–H and O–H groups in total. The van der Waals surface area contributed by atoms with Gasteiger partial charge in [-0.15, -0.1) is 0 Å². The van der Waals surface area contributed by atoms with Crippen LogP contribution in [0, 0.1) is 0 Å². The van der Waals surface area contributed by atoms with E-state index in [4.69, 9.17) is 4.74 Å². The number of hydrogen-bond donors (Lipinski definition) is 1. The van der Waals surface area contributed by atoms with E-state index in [1.54, 1.807) is 17.3 Å². The Morgan fingerprint density at radius 1 is 1.12 bits per heavy atom. The number of hydrogen-bond acceptors (Lipinski definition) is 5. The normalized spacial score (nSPS) is 18.2. The summed E-state index contributed by atoms with van der Waals surface area (Å²) in [4.78, 5) is 41.1. The number of amides is 3. The van der Waals surface area contributed by atoms with E-state index in [1.165, 1.54) is 4.90 Å². The highest BCUT2D eigenvalue weighted by Gasteiger charge is 2.28. The summed E-state index contributed by atoms with van der Waals surface area (Å²) in [6.45, 7) is 3.13. The number of H-pyrrole nitrogens is 1. The summed E-state index contributed by atoms with van der Waals surface area (Å²) in [5.41, 5.74) is 1.01. The van der Waals surface area contributed by atoms with Gasteiger partial charge in [-0.25, -0.2) is 4.79 Å². The minimum absolute atomic E-state index is 0.0489. The fourth-order valence-electron chi connectivity index (χ4n) is 3.07. The quantitative estimate of drug-likeness (QED) is 0.797. The number of carbonyl (C=O) groups is 3. The van der Waals surface area contributed by atoms with Crippen LogP contribution < -0.4 is 0 Å². The average Bonchev–Trinajstić information content (AvgIpc) is 3.19. The molecule has 2 fully saturated rings. The van der Waals surface area contributed by atoms with Crippen LogP contribution in [0.15, 0.2) is 12.4 Å². The largest absolute Gasteiger partial charge is 0.448 e. The molecule has 9 nitrogen and oxygen atoms in total. The van der Waals surface area contributed by atoms with Crippen molar-refractivity contribution in [1.29, 1.82) is 0 Å². The van der Waals surface area contributed by atoms with Crippen molar-refractivity contribution in [2.45, 2.75) is 19.3 Å². The Kier molecular flexibility index (Phi) is 5.52. The van der Waals surface area contributed by atoms with Gasteiger partial charge < -0.3 is 14.5 Å². The predicted molar refractivity (Wildman–Crippen MR) is 87.6 cm³/mol. The van der Waals surface area contributed by atoms with Crippen LogP contribution in [-0.4, -0.2) is 88.7 Å². The van der Waals surface area contributed by atoms with Gasteiger partial charge in [-0.2, -0.15) is 5.10 Å². The minimum Gasteiger partial charge on any atom is -0.448 e. The third-order valence-electron chi connectivity index (χ3n) is 4.55. The summed E-state index contributed by atoms with van der Waals surface area (Å²) in [5, 5.41) is 6.61. The molecule has 3 rings (SSSR count). The van der Waals surface area contributed by atoms with Gasteiger partial charge in [0.1, 0.15) is 13.2 Å². The number of nitrogens with zero attached hydrogens (tertiary/aromatic N) is 4. The van der Waals surface area contributed by atoms with Crippen molar-refractivity contribution in [1.82, 2.24) is 24.9 Å². The first-order valence-corrected chi connectivity index (χ1v) is 8.58. The Bertz CT molecular complexity index is 618. The second kappa shape index (κ2) is 8.00. The molecule has 1 aromatic rings. The molecule has 0 atom stereocenters. The molecular weight excluding hydrogens is 326 g/mol. The molecule has 0 spiro atoms. The molecule has 1 aromatic heterocycles. The van der Waals surface area contributed by atoms with Gasteiger partial charge in [0, 0.05) is 38.8 Å². The Balaban J connectivity index is 1.45. The van der Waals surface area contributed by atoms with E-state index in [0.29, 0.717) is 52.2 Å². The molecule has 0 aliphatic carbocycles. The Morgan fingerprint density at radius 3 is 2.52 bits per heavy atom. The summed E-state index contributed by atoms with van der Waals surface area (Å²) >= 11 is 0. The molecule has 2 aliphatic rings. The van der Waals surface area contributed by atoms with E-state index in [1.807, 2.05) is 4.90 Å². The summed E-state index contributed by atoms with van der Waals surface area (Å²) in [6, 6.07) is 0. The molecular formula is C16H23N5O4. The Hall–Kier alpha value is -2.58. The number of nitrogens with one attached hydrogen (secondary N) is 1. The molecule has 0 saturated carbocycles. The van der Waals surface area contributed by atoms with Crippen molar-refractivity contribution >= 4 is 17.9 Å². The summed E-state index contributed by atoms with van der Waals surface area (Å²) in [5.74, 6) is 0.00478. The maximum absolute atomic E-state index is 12.4. The van der Waals surface area contributed by atoms with Crippen molar-refractivity contribution in [3.63, 3.8) is 0 Å². The van der Waals surface area contributed by atoms with Gasteiger partial charge in [-0.1, -0.05) is 0 Å². The molecule has 9 heteroatoms. The highest BCUT2D eigenvalue weighted by Crippen LogP contribution is 2.09. The molecule has 25 heavy (non-hydrogen) atoms. The standard InChI is InChI=1S/C16H23N5O4/c22-14(3-2-13-10-17-18-11-13)19-4-1-5-20(7-6-19)15(23)12-21-8-9-25-16(21)24/h10-11H,1-9,12H2,(H,17,18). The van der Waals surface area contributed by atoms with E-state index < -0.39 is 6.09 Å². The monoisotopic (exact) mass is 349 g/mol. The smallest absolute Gasteiger partial charge is 0.410 e. The molecule has 0 aromatic carbocycles. The van der Waals surface area contributed by atoms with Crippen molar-refractivity contribution in [3.05, 3.63) is 18.0 Å². The van der Waals surface area contributed by atoms with E-state index in [9.17, 15) is 14.4 Å². The van der Waals surface area contributed by atoms with Crippen LogP contribution in [0.4, 0.5) is 4.79 Å². The maximum Gasteiger partial charge on any atom is 0.410 e. The zero-order chi connectivity index (χ0) is 17.6. The van der Waals surface area contributed by atoms with Crippen LogP contribution in [0.5, 0.6) is 0 Å². The lowest BCUT2D eigenvalue weighted by molar-refractivity contribution is -0.133. The van der Waals surface area contributed by atoms with E-state index in [-0.39, 0.29) is 18.4 Å². The lowest BCUT2D eigenvalue weighted by atomic mass is 10.2.